The molecule has 1 amide bonds. The maximum absolute atomic E-state index is 12.1. The largest absolute Gasteiger partial charge is 0.416 e. The second-order valence-corrected chi connectivity index (χ2v) is 6.00. The fraction of sp³-hybridized carbons (Fsp3) is 0.235. The van der Waals surface area contributed by atoms with Crippen molar-refractivity contribution in [3.63, 3.8) is 0 Å². The average Bonchev–Trinajstić information content (AvgIpc) is 3.01. The van der Waals surface area contributed by atoms with Crippen molar-refractivity contribution in [1.29, 1.82) is 0 Å². The summed E-state index contributed by atoms with van der Waals surface area (Å²) in [6.07, 6.45) is 1.71. The summed E-state index contributed by atoms with van der Waals surface area (Å²) in [5.74, 6) is 0.753. The van der Waals surface area contributed by atoms with Crippen LogP contribution < -0.4 is 5.32 Å². The number of amides is 1. The molecule has 2 aromatic carbocycles. The second kappa shape index (κ2) is 7.28. The van der Waals surface area contributed by atoms with Crippen molar-refractivity contribution in [2.45, 2.75) is 25.0 Å². The lowest BCUT2D eigenvalue weighted by Gasteiger charge is -2.07. The number of hydrogen-bond donors (Lipinski definition) is 1. The van der Waals surface area contributed by atoms with Gasteiger partial charge in [-0.15, -0.1) is 10.2 Å². The third-order valence-electron chi connectivity index (χ3n) is 3.30. The minimum Gasteiger partial charge on any atom is -0.416 e. The number of hydrogen-bond acceptors (Lipinski definition) is 5. The Balaban J connectivity index is 1.62. The van der Waals surface area contributed by atoms with E-state index in [1.165, 1.54) is 11.8 Å². The smallest absolute Gasteiger partial charge is 0.277 e. The van der Waals surface area contributed by atoms with Gasteiger partial charge in [-0.3, -0.25) is 4.79 Å². The van der Waals surface area contributed by atoms with E-state index in [0.717, 1.165) is 29.3 Å². The summed E-state index contributed by atoms with van der Waals surface area (Å²) in [7, 11) is 0. The number of aryl methyl sites for hydroxylation is 1. The maximum atomic E-state index is 12.1. The lowest BCUT2D eigenvalue weighted by Crippen LogP contribution is -2.14. The van der Waals surface area contributed by atoms with E-state index < -0.39 is 0 Å². The topological polar surface area (TPSA) is 68.0 Å². The number of thioether (sulfide) groups is 1. The molecule has 0 saturated carbocycles. The van der Waals surface area contributed by atoms with Gasteiger partial charge in [0.1, 0.15) is 0 Å². The zero-order valence-corrected chi connectivity index (χ0v) is 13.6. The number of aromatic nitrogens is 2. The van der Waals surface area contributed by atoms with Crippen LogP contribution in [0, 0.1) is 0 Å². The first-order chi connectivity index (χ1) is 11.3. The minimum absolute atomic E-state index is 0.0957. The molecule has 23 heavy (non-hydrogen) atoms. The Morgan fingerprint density at radius 3 is 2.87 bits per heavy atom. The van der Waals surface area contributed by atoms with Gasteiger partial charge < -0.3 is 9.73 Å². The summed E-state index contributed by atoms with van der Waals surface area (Å²) < 4.78 is 5.46. The molecule has 0 aliphatic heterocycles. The normalized spacial score (nSPS) is 10.8. The van der Waals surface area contributed by atoms with Crippen LogP contribution in [0.25, 0.3) is 10.8 Å². The summed E-state index contributed by atoms with van der Waals surface area (Å²) >= 11 is 1.25. The van der Waals surface area contributed by atoms with Crippen LogP contribution in [0.4, 0.5) is 5.69 Å². The lowest BCUT2D eigenvalue weighted by atomic mass is 10.1. The summed E-state index contributed by atoms with van der Waals surface area (Å²) in [5.41, 5.74) is 0.811. The van der Waals surface area contributed by atoms with Crippen LogP contribution in [-0.2, 0) is 11.2 Å². The molecule has 0 spiro atoms. The molecular weight excluding hydrogens is 310 g/mol. The molecule has 0 atom stereocenters. The van der Waals surface area contributed by atoms with Crippen molar-refractivity contribution in [2.75, 3.05) is 11.1 Å². The van der Waals surface area contributed by atoms with Crippen LogP contribution in [0.15, 0.2) is 52.1 Å². The van der Waals surface area contributed by atoms with Gasteiger partial charge in [0.15, 0.2) is 0 Å². The van der Waals surface area contributed by atoms with Crippen LogP contribution in [0.3, 0.4) is 0 Å². The second-order valence-electron chi connectivity index (χ2n) is 5.08. The molecule has 5 nitrogen and oxygen atoms in total. The van der Waals surface area contributed by atoms with E-state index in [0.29, 0.717) is 11.1 Å². The first kappa shape index (κ1) is 15.6. The van der Waals surface area contributed by atoms with E-state index in [1.54, 1.807) is 0 Å². The summed E-state index contributed by atoms with van der Waals surface area (Å²) in [6.45, 7) is 2.05. The van der Waals surface area contributed by atoms with Gasteiger partial charge >= 0.3 is 0 Å². The molecule has 1 aromatic heterocycles. The van der Waals surface area contributed by atoms with Crippen molar-refractivity contribution < 1.29 is 9.21 Å². The van der Waals surface area contributed by atoms with Crippen LogP contribution in [0.2, 0.25) is 0 Å². The summed E-state index contributed by atoms with van der Waals surface area (Å²) in [4.78, 5) is 12.1. The quantitative estimate of drug-likeness (QED) is 0.695. The molecule has 118 valence electrons. The van der Waals surface area contributed by atoms with Crippen molar-refractivity contribution in [3.8, 4) is 0 Å². The highest BCUT2D eigenvalue weighted by Gasteiger charge is 2.10. The Kier molecular flexibility index (Phi) is 4.92. The lowest BCUT2D eigenvalue weighted by molar-refractivity contribution is -0.113. The molecule has 1 heterocycles. The van der Waals surface area contributed by atoms with Gasteiger partial charge in [0.05, 0.1) is 5.75 Å². The molecule has 0 unspecified atom stereocenters. The van der Waals surface area contributed by atoms with Crippen molar-refractivity contribution in [2.24, 2.45) is 0 Å². The Labute approximate surface area is 138 Å². The van der Waals surface area contributed by atoms with Crippen LogP contribution in [0.5, 0.6) is 0 Å². The Morgan fingerprint density at radius 1 is 1.17 bits per heavy atom. The SMILES string of the molecule is CCCc1nnc(SCC(=O)Nc2cccc3ccccc23)o1. The molecular formula is C17H17N3O2S. The zero-order chi connectivity index (χ0) is 16.1. The van der Waals surface area contributed by atoms with Gasteiger partial charge in [0.2, 0.25) is 11.8 Å². The third kappa shape index (κ3) is 3.90. The van der Waals surface area contributed by atoms with Gasteiger partial charge in [-0.05, 0) is 17.9 Å². The molecule has 3 rings (SSSR count). The molecule has 6 heteroatoms. The highest BCUT2D eigenvalue weighted by atomic mass is 32.2. The van der Waals surface area contributed by atoms with Crippen molar-refractivity contribution >= 4 is 34.1 Å². The molecule has 3 aromatic rings. The molecule has 1 N–H and O–H groups in total. The van der Waals surface area contributed by atoms with E-state index in [1.807, 2.05) is 42.5 Å². The zero-order valence-electron chi connectivity index (χ0n) is 12.8. The maximum Gasteiger partial charge on any atom is 0.277 e. The van der Waals surface area contributed by atoms with Gasteiger partial charge in [-0.1, -0.05) is 55.1 Å². The highest BCUT2D eigenvalue weighted by molar-refractivity contribution is 7.99. The number of carbonyl (C=O) groups is 1. The fourth-order valence-electron chi connectivity index (χ4n) is 2.26. The van der Waals surface area contributed by atoms with Crippen LogP contribution >= 0.6 is 11.8 Å². The van der Waals surface area contributed by atoms with Gasteiger partial charge in [0.25, 0.3) is 5.22 Å². The van der Waals surface area contributed by atoms with E-state index in [2.05, 4.69) is 22.4 Å². The number of anilines is 1. The predicted molar refractivity (Wildman–Crippen MR) is 91.6 cm³/mol. The number of fused-ring (bicyclic) bond motifs is 1. The Bertz CT molecular complexity index is 811. The molecule has 0 fully saturated rings. The molecule has 0 bridgehead atoms. The summed E-state index contributed by atoms with van der Waals surface area (Å²) in [5, 5.41) is 13.4. The summed E-state index contributed by atoms with van der Waals surface area (Å²) in [6, 6.07) is 13.8. The molecule has 0 aliphatic rings. The first-order valence-electron chi connectivity index (χ1n) is 7.49. The predicted octanol–water partition coefficient (Wildman–Crippen LogP) is 3.91. The van der Waals surface area contributed by atoms with Crippen LogP contribution in [-0.4, -0.2) is 21.9 Å². The average molecular weight is 327 g/mol. The van der Waals surface area contributed by atoms with Gasteiger partial charge in [0, 0.05) is 17.5 Å². The van der Waals surface area contributed by atoms with Crippen LogP contribution in [0.1, 0.15) is 19.2 Å². The third-order valence-corrected chi connectivity index (χ3v) is 4.12. The first-order valence-corrected chi connectivity index (χ1v) is 8.47. The Morgan fingerprint density at radius 2 is 2.00 bits per heavy atom. The molecule has 0 radical (unpaired) electrons. The van der Waals surface area contributed by atoms with Crippen molar-refractivity contribution in [3.05, 3.63) is 48.4 Å². The number of carbonyl (C=O) groups excluding carboxylic acids is 1. The monoisotopic (exact) mass is 327 g/mol. The fourth-order valence-corrected chi connectivity index (χ4v) is 2.84. The minimum atomic E-state index is -0.0957. The van der Waals surface area contributed by atoms with Crippen molar-refractivity contribution in [1.82, 2.24) is 10.2 Å². The number of rotatable bonds is 6. The molecule has 0 saturated heterocycles. The van der Waals surface area contributed by atoms with E-state index in [-0.39, 0.29) is 11.7 Å². The molecule has 0 aliphatic carbocycles. The Hall–Kier alpha value is -2.34. The van der Waals surface area contributed by atoms with E-state index in [4.69, 9.17) is 4.42 Å². The standard InChI is InChI=1S/C17H17N3O2S/c1-2-6-16-19-20-17(22-16)23-11-15(21)18-14-10-5-8-12-7-3-4-9-13(12)14/h3-5,7-10H,2,6,11H2,1H3,(H,18,21). The number of benzene rings is 2. The number of nitrogens with zero attached hydrogens (tertiary/aromatic N) is 2. The highest BCUT2D eigenvalue weighted by Crippen LogP contribution is 2.23. The van der Waals surface area contributed by atoms with E-state index >= 15 is 0 Å². The van der Waals surface area contributed by atoms with Gasteiger partial charge in [-0.2, -0.15) is 0 Å². The van der Waals surface area contributed by atoms with Gasteiger partial charge in [-0.25, -0.2) is 0 Å². The number of nitrogens with one attached hydrogen (secondary N) is 1. The van der Waals surface area contributed by atoms with E-state index in [9.17, 15) is 4.79 Å².